The molecule has 1 aliphatic rings. The quantitative estimate of drug-likeness (QED) is 0.476. The van der Waals surface area contributed by atoms with Crippen LogP contribution in [0, 0.1) is 0 Å². The van der Waals surface area contributed by atoms with E-state index in [2.05, 4.69) is 10.1 Å². The van der Waals surface area contributed by atoms with Crippen LogP contribution in [0.3, 0.4) is 0 Å². The van der Waals surface area contributed by atoms with E-state index in [4.69, 9.17) is 15.5 Å². The Labute approximate surface area is 198 Å². The van der Waals surface area contributed by atoms with Gasteiger partial charge in [-0.25, -0.2) is 13.4 Å². The first-order valence-electron chi connectivity index (χ1n) is 11.5. The molecular formula is C22H31N7O4S. The second-order valence-electron chi connectivity index (χ2n) is 8.23. The van der Waals surface area contributed by atoms with Crippen LogP contribution in [0.5, 0.6) is 5.75 Å². The van der Waals surface area contributed by atoms with Crippen LogP contribution in [0.15, 0.2) is 27.9 Å². The van der Waals surface area contributed by atoms with Crippen LogP contribution in [-0.2, 0) is 23.5 Å². The molecule has 184 valence electrons. The number of hydrogen-bond acceptors (Lipinski definition) is 8. The maximum absolute atomic E-state index is 13.4. The van der Waals surface area contributed by atoms with Crippen molar-refractivity contribution in [2.24, 2.45) is 12.8 Å². The number of sulfonamides is 1. The van der Waals surface area contributed by atoms with Gasteiger partial charge in [-0.2, -0.15) is 9.40 Å². The van der Waals surface area contributed by atoms with Crippen LogP contribution in [0.4, 0.5) is 0 Å². The minimum Gasteiger partial charge on any atom is -0.493 e. The lowest BCUT2D eigenvalue weighted by molar-refractivity contribution is 0.192. The van der Waals surface area contributed by atoms with Gasteiger partial charge in [-0.15, -0.1) is 0 Å². The van der Waals surface area contributed by atoms with Gasteiger partial charge in [-0.05, 0) is 31.5 Å². The van der Waals surface area contributed by atoms with Crippen LogP contribution in [0.1, 0.15) is 26.0 Å². The van der Waals surface area contributed by atoms with Crippen LogP contribution in [0.2, 0.25) is 0 Å². The maximum atomic E-state index is 13.4. The fourth-order valence-corrected chi connectivity index (χ4v) is 5.67. The van der Waals surface area contributed by atoms with Gasteiger partial charge < -0.3 is 15.5 Å². The molecule has 0 aliphatic carbocycles. The SMILES string of the molecule is CCCc1nn(C)c2c(=O)[nH]c(-c3cc(S(=O)(=O)N4CCN(CN)CC4)ccc3OCC)nc12. The molecule has 0 amide bonds. The molecule has 3 aromatic rings. The Morgan fingerprint density at radius 3 is 2.56 bits per heavy atom. The van der Waals surface area contributed by atoms with Crippen molar-refractivity contribution in [3.63, 3.8) is 0 Å². The van der Waals surface area contributed by atoms with Crippen molar-refractivity contribution < 1.29 is 13.2 Å². The molecule has 0 unspecified atom stereocenters. The Balaban J connectivity index is 1.82. The third kappa shape index (κ3) is 4.45. The predicted molar refractivity (Wildman–Crippen MR) is 129 cm³/mol. The molecule has 0 atom stereocenters. The number of benzene rings is 1. The number of nitrogens with one attached hydrogen (secondary N) is 1. The Bertz CT molecular complexity index is 1340. The van der Waals surface area contributed by atoms with Gasteiger partial charge in [0.15, 0.2) is 5.52 Å². The Hall–Kier alpha value is -2.80. The van der Waals surface area contributed by atoms with Gasteiger partial charge in [0.05, 0.1) is 22.8 Å². The molecular weight excluding hydrogens is 458 g/mol. The topological polar surface area (TPSA) is 139 Å². The second-order valence-corrected chi connectivity index (χ2v) is 10.2. The van der Waals surface area contributed by atoms with E-state index in [1.165, 1.54) is 21.1 Å². The van der Waals surface area contributed by atoms with Gasteiger partial charge in [0.1, 0.15) is 17.1 Å². The molecule has 12 heteroatoms. The summed E-state index contributed by atoms with van der Waals surface area (Å²) in [5, 5.41) is 4.45. The van der Waals surface area contributed by atoms with Crippen LogP contribution < -0.4 is 16.0 Å². The second kappa shape index (κ2) is 9.82. The zero-order chi connectivity index (χ0) is 24.5. The Kier molecular flexibility index (Phi) is 7.03. The molecule has 1 aromatic carbocycles. The number of fused-ring (bicyclic) bond motifs is 1. The van der Waals surface area contributed by atoms with Gasteiger partial charge in [0.2, 0.25) is 10.0 Å². The first-order valence-corrected chi connectivity index (χ1v) is 12.9. The van der Waals surface area contributed by atoms with Gasteiger partial charge >= 0.3 is 0 Å². The number of nitrogens with zero attached hydrogens (tertiary/aromatic N) is 5. The molecule has 1 fully saturated rings. The van der Waals surface area contributed by atoms with Gasteiger partial charge in [0.25, 0.3) is 5.56 Å². The summed E-state index contributed by atoms with van der Waals surface area (Å²) >= 11 is 0. The van der Waals surface area contributed by atoms with Crippen molar-refractivity contribution in [1.82, 2.24) is 29.0 Å². The highest BCUT2D eigenvalue weighted by Crippen LogP contribution is 2.32. The van der Waals surface area contributed by atoms with E-state index >= 15 is 0 Å². The summed E-state index contributed by atoms with van der Waals surface area (Å²) in [5.74, 6) is 0.689. The molecule has 11 nitrogen and oxygen atoms in total. The van der Waals surface area contributed by atoms with E-state index in [0.29, 0.717) is 68.2 Å². The molecule has 0 saturated carbocycles. The van der Waals surface area contributed by atoms with Crippen LogP contribution in [-0.4, -0.2) is 76.8 Å². The number of piperazine rings is 1. The highest BCUT2D eigenvalue weighted by Gasteiger charge is 2.29. The first kappa shape index (κ1) is 24.3. The molecule has 3 heterocycles. The van der Waals surface area contributed by atoms with E-state index in [1.54, 1.807) is 13.1 Å². The third-order valence-corrected chi connectivity index (χ3v) is 7.88. The van der Waals surface area contributed by atoms with Crippen molar-refractivity contribution in [3.8, 4) is 17.1 Å². The normalized spacial score (nSPS) is 15.8. The molecule has 2 aromatic heterocycles. The molecule has 4 rings (SSSR count). The summed E-state index contributed by atoms with van der Waals surface area (Å²) in [6.45, 7) is 6.52. The fourth-order valence-electron chi connectivity index (χ4n) is 4.22. The third-order valence-electron chi connectivity index (χ3n) is 5.98. The van der Waals surface area contributed by atoms with Crippen molar-refractivity contribution in [3.05, 3.63) is 34.2 Å². The lowest BCUT2D eigenvalue weighted by Gasteiger charge is -2.33. The number of aromatic nitrogens is 4. The van der Waals surface area contributed by atoms with Crippen molar-refractivity contribution in [2.45, 2.75) is 31.6 Å². The highest BCUT2D eigenvalue weighted by molar-refractivity contribution is 7.89. The van der Waals surface area contributed by atoms with Crippen LogP contribution in [0.25, 0.3) is 22.4 Å². The summed E-state index contributed by atoms with van der Waals surface area (Å²) in [6, 6.07) is 4.67. The van der Waals surface area contributed by atoms with E-state index < -0.39 is 10.0 Å². The average Bonchev–Trinajstić information content (AvgIpc) is 3.15. The molecule has 0 spiro atoms. The number of aromatic amines is 1. The van der Waals surface area contributed by atoms with E-state index in [1.807, 2.05) is 18.7 Å². The molecule has 3 N–H and O–H groups in total. The zero-order valence-corrected chi connectivity index (χ0v) is 20.6. The molecule has 34 heavy (non-hydrogen) atoms. The molecule has 0 bridgehead atoms. The summed E-state index contributed by atoms with van der Waals surface area (Å²) in [7, 11) is -2.04. The highest BCUT2D eigenvalue weighted by atomic mass is 32.2. The summed E-state index contributed by atoms with van der Waals surface area (Å²) < 4.78 is 35.5. The molecule has 1 saturated heterocycles. The van der Waals surface area contributed by atoms with Gasteiger partial charge in [-0.3, -0.25) is 14.4 Å². The maximum Gasteiger partial charge on any atom is 0.277 e. The standard InChI is InChI=1S/C22H31N7O4S/c1-4-6-17-19-20(27(3)26-17)22(30)25-21(24-19)16-13-15(7-8-18(16)33-5-2)34(31,32)29-11-9-28(14-23)10-12-29/h7-8,13H,4-6,9-12,14,23H2,1-3H3,(H,24,25,30). The number of aryl methyl sites for hydroxylation is 2. The number of H-pyrrole nitrogens is 1. The Morgan fingerprint density at radius 1 is 1.18 bits per heavy atom. The lowest BCUT2D eigenvalue weighted by Crippen LogP contribution is -2.50. The molecule has 0 radical (unpaired) electrons. The smallest absolute Gasteiger partial charge is 0.277 e. The lowest BCUT2D eigenvalue weighted by atomic mass is 10.1. The van der Waals surface area contributed by atoms with Gasteiger partial charge in [-0.1, -0.05) is 13.3 Å². The zero-order valence-electron chi connectivity index (χ0n) is 19.7. The Morgan fingerprint density at radius 2 is 1.91 bits per heavy atom. The number of hydrogen-bond donors (Lipinski definition) is 2. The predicted octanol–water partition coefficient (Wildman–Crippen LogP) is 0.897. The van der Waals surface area contributed by atoms with Crippen molar-refractivity contribution in [1.29, 1.82) is 0 Å². The monoisotopic (exact) mass is 489 g/mol. The number of ether oxygens (including phenoxy) is 1. The molecule has 1 aliphatic heterocycles. The van der Waals surface area contributed by atoms with Crippen molar-refractivity contribution >= 4 is 21.1 Å². The number of rotatable bonds is 8. The fraction of sp³-hybridized carbons (Fsp3) is 0.500. The van der Waals surface area contributed by atoms with E-state index in [-0.39, 0.29) is 16.3 Å². The van der Waals surface area contributed by atoms with Crippen LogP contribution >= 0.6 is 0 Å². The largest absolute Gasteiger partial charge is 0.493 e. The van der Waals surface area contributed by atoms with E-state index in [0.717, 1.165) is 12.1 Å². The van der Waals surface area contributed by atoms with Crippen molar-refractivity contribution in [2.75, 3.05) is 39.5 Å². The minimum absolute atomic E-state index is 0.120. The van der Waals surface area contributed by atoms with E-state index in [9.17, 15) is 13.2 Å². The minimum atomic E-state index is -3.75. The average molecular weight is 490 g/mol. The summed E-state index contributed by atoms with van der Waals surface area (Å²) in [5.41, 5.74) is 7.37. The van der Waals surface area contributed by atoms with Gasteiger partial charge in [0, 0.05) is 39.9 Å². The first-order chi connectivity index (χ1) is 16.3. The number of nitrogens with two attached hydrogens (primary N) is 1. The summed E-state index contributed by atoms with van der Waals surface area (Å²) in [4.78, 5) is 22.5. The summed E-state index contributed by atoms with van der Waals surface area (Å²) in [6.07, 6.45) is 1.53.